The van der Waals surface area contributed by atoms with E-state index >= 15 is 0 Å². The van der Waals surface area contributed by atoms with Gasteiger partial charge in [0.05, 0.1) is 16.6 Å². The Kier molecular flexibility index (Phi) is 8.29. The molecule has 0 spiro atoms. The van der Waals surface area contributed by atoms with Gasteiger partial charge in [-0.25, -0.2) is 4.79 Å². The van der Waals surface area contributed by atoms with Crippen LogP contribution in [0.15, 0.2) is 46.9 Å². The zero-order valence-corrected chi connectivity index (χ0v) is 16.6. The van der Waals surface area contributed by atoms with Crippen LogP contribution >= 0.6 is 27.5 Å². The summed E-state index contributed by atoms with van der Waals surface area (Å²) in [4.78, 5) is 12.2. The molecule has 0 aliphatic rings. The van der Waals surface area contributed by atoms with Crippen LogP contribution in [0.25, 0.3) is 0 Å². The molecule has 5 heteroatoms. The molecule has 2 aromatic rings. The number of hydrogen-bond donors (Lipinski definition) is 0. The van der Waals surface area contributed by atoms with Crippen molar-refractivity contribution < 1.29 is 14.3 Å². The van der Waals surface area contributed by atoms with E-state index in [9.17, 15) is 4.79 Å². The Labute approximate surface area is 162 Å². The van der Waals surface area contributed by atoms with Gasteiger partial charge < -0.3 is 9.47 Å². The van der Waals surface area contributed by atoms with Gasteiger partial charge in [0.15, 0.2) is 0 Å². The van der Waals surface area contributed by atoms with Gasteiger partial charge in [0.1, 0.15) is 11.5 Å². The Hall–Kier alpha value is -1.52. The van der Waals surface area contributed by atoms with Crippen LogP contribution in [0, 0.1) is 0 Å². The highest BCUT2D eigenvalue weighted by molar-refractivity contribution is 9.10. The molecular weight excluding hydrogens is 404 g/mol. The molecule has 25 heavy (non-hydrogen) atoms. The number of rotatable bonds is 9. The standard InChI is InChI=1S/C20H22BrClO3/c1-2-3-4-5-6-13-24-17-10-7-15(8-11-17)20(23)25-19-12-9-16(22)14-18(19)21/h7-12,14H,2-6,13H2,1H3. The van der Waals surface area contributed by atoms with Crippen LogP contribution in [0.4, 0.5) is 0 Å². The second-order valence-corrected chi connectivity index (χ2v) is 7.04. The summed E-state index contributed by atoms with van der Waals surface area (Å²) in [7, 11) is 0. The van der Waals surface area contributed by atoms with Crippen molar-refractivity contribution in [1.82, 2.24) is 0 Å². The number of hydrogen-bond acceptors (Lipinski definition) is 3. The number of halogens is 2. The summed E-state index contributed by atoms with van der Waals surface area (Å²) < 4.78 is 11.7. The van der Waals surface area contributed by atoms with Gasteiger partial charge >= 0.3 is 5.97 Å². The molecule has 0 aromatic heterocycles. The minimum atomic E-state index is -0.422. The largest absolute Gasteiger partial charge is 0.494 e. The second-order valence-electron chi connectivity index (χ2n) is 5.75. The van der Waals surface area contributed by atoms with Crippen molar-refractivity contribution in [2.75, 3.05) is 6.61 Å². The van der Waals surface area contributed by atoms with Crippen LogP contribution in [0.2, 0.25) is 5.02 Å². The summed E-state index contributed by atoms with van der Waals surface area (Å²) in [6, 6.07) is 12.0. The maximum atomic E-state index is 12.2. The number of carbonyl (C=O) groups excluding carboxylic acids is 1. The molecule has 134 valence electrons. The quantitative estimate of drug-likeness (QED) is 0.256. The molecule has 0 amide bonds. The van der Waals surface area contributed by atoms with Crippen molar-refractivity contribution in [1.29, 1.82) is 0 Å². The average Bonchev–Trinajstić information content (AvgIpc) is 2.61. The van der Waals surface area contributed by atoms with E-state index in [2.05, 4.69) is 22.9 Å². The fourth-order valence-electron chi connectivity index (χ4n) is 2.30. The maximum absolute atomic E-state index is 12.2. The fraction of sp³-hybridized carbons (Fsp3) is 0.350. The molecule has 0 fully saturated rings. The zero-order valence-electron chi connectivity index (χ0n) is 14.3. The van der Waals surface area contributed by atoms with Crippen molar-refractivity contribution in [3.05, 3.63) is 57.5 Å². The minimum absolute atomic E-state index is 0.422. The van der Waals surface area contributed by atoms with Gasteiger partial charge in [0.25, 0.3) is 0 Å². The highest BCUT2D eigenvalue weighted by Crippen LogP contribution is 2.28. The molecular formula is C20H22BrClO3. The Morgan fingerprint density at radius 1 is 1.04 bits per heavy atom. The van der Waals surface area contributed by atoms with Crippen molar-refractivity contribution in [2.24, 2.45) is 0 Å². The summed E-state index contributed by atoms with van der Waals surface area (Å²) in [5.74, 6) is 0.774. The first-order valence-corrected chi connectivity index (χ1v) is 9.67. The molecule has 0 atom stereocenters. The molecule has 0 saturated carbocycles. The molecule has 0 aliphatic heterocycles. The third-order valence-corrected chi connectivity index (χ3v) is 4.56. The number of ether oxygens (including phenoxy) is 2. The summed E-state index contributed by atoms with van der Waals surface area (Å²) in [6.07, 6.45) is 6.01. The second kappa shape index (κ2) is 10.5. The van der Waals surface area contributed by atoms with Crippen LogP contribution in [0.1, 0.15) is 49.4 Å². The Bertz CT molecular complexity index is 686. The van der Waals surface area contributed by atoms with E-state index in [1.54, 1.807) is 42.5 Å². The molecule has 0 saturated heterocycles. The maximum Gasteiger partial charge on any atom is 0.343 e. The topological polar surface area (TPSA) is 35.5 Å². The monoisotopic (exact) mass is 424 g/mol. The van der Waals surface area contributed by atoms with Crippen molar-refractivity contribution in [2.45, 2.75) is 39.0 Å². The van der Waals surface area contributed by atoms with Crippen LogP contribution in [-0.2, 0) is 0 Å². The fourth-order valence-corrected chi connectivity index (χ4v) is 3.06. The molecule has 2 aromatic carbocycles. The lowest BCUT2D eigenvalue weighted by Gasteiger charge is -2.08. The molecule has 2 rings (SSSR count). The number of unbranched alkanes of at least 4 members (excludes halogenated alkanes) is 4. The first kappa shape index (κ1) is 19.8. The van der Waals surface area contributed by atoms with E-state index < -0.39 is 5.97 Å². The Balaban J connectivity index is 1.83. The van der Waals surface area contributed by atoms with Gasteiger partial charge in [0, 0.05) is 5.02 Å². The highest BCUT2D eigenvalue weighted by atomic mass is 79.9. The predicted octanol–water partition coefficient (Wildman–Crippen LogP) is 6.67. The molecule has 0 unspecified atom stereocenters. The van der Waals surface area contributed by atoms with E-state index in [4.69, 9.17) is 21.1 Å². The highest BCUT2D eigenvalue weighted by Gasteiger charge is 2.11. The van der Waals surface area contributed by atoms with Crippen LogP contribution in [0.5, 0.6) is 11.5 Å². The molecule has 3 nitrogen and oxygen atoms in total. The van der Waals surface area contributed by atoms with E-state index in [1.165, 1.54) is 25.7 Å². The smallest absolute Gasteiger partial charge is 0.343 e. The lowest BCUT2D eigenvalue weighted by atomic mass is 10.2. The molecule has 0 radical (unpaired) electrons. The van der Waals surface area contributed by atoms with E-state index in [-0.39, 0.29) is 0 Å². The lowest BCUT2D eigenvalue weighted by molar-refractivity contribution is 0.0733. The van der Waals surface area contributed by atoms with E-state index in [1.807, 2.05) is 0 Å². The normalized spacial score (nSPS) is 10.5. The summed E-state index contributed by atoms with van der Waals surface area (Å²) in [5, 5.41) is 0.572. The van der Waals surface area contributed by atoms with Gasteiger partial charge in [-0.05, 0) is 64.8 Å². The van der Waals surface area contributed by atoms with Gasteiger partial charge in [-0.3, -0.25) is 0 Å². The molecule has 0 heterocycles. The third kappa shape index (κ3) is 6.71. The molecule has 0 bridgehead atoms. The number of benzene rings is 2. The first-order chi connectivity index (χ1) is 12.1. The van der Waals surface area contributed by atoms with Gasteiger partial charge in [0.2, 0.25) is 0 Å². The average molecular weight is 426 g/mol. The molecule has 0 N–H and O–H groups in total. The Morgan fingerprint density at radius 3 is 2.44 bits per heavy atom. The third-order valence-electron chi connectivity index (χ3n) is 3.70. The van der Waals surface area contributed by atoms with Gasteiger partial charge in [-0.15, -0.1) is 0 Å². The van der Waals surface area contributed by atoms with Crippen LogP contribution < -0.4 is 9.47 Å². The molecule has 0 aliphatic carbocycles. The van der Waals surface area contributed by atoms with Crippen LogP contribution in [0.3, 0.4) is 0 Å². The number of esters is 1. The first-order valence-electron chi connectivity index (χ1n) is 8.50. The summed E-state index contributed by atoms with van der Waals surface area (Å²) >= 11 is 9.21. The summed E-state index contributed by atoms with van der Waals surface area (Å²) in [6.45, 7) is 2.90. The van der Waals surface area contributed by atoms with Crippen molar-refractivity contribution in [3.8, 4) is 11.5 Å². The van der Waals surface area contributed by atoms with Gasteiger partial charge in [-0.2, -0.15) is 0 Å². The van der Waals surface area contributed by atoms with Gasteiger partial charge in [-0.1, -0.05) is 44.2 Å². The summed E-state index contributed by atoms with van der Waals surface area (Å²) in [5.41, 5.74) is 0.470. The zero-order chi connectivity index (χ0) is 18.1. The van der Waals surface area contributed by atoms with Crippen molar-refractivity contribution in [3.63, 3.8) is 0 Å². The lowest BCUT2D eigenvalue weighted by Crippen LogP contribution is -2.08. The minimum Gasteiger partial charge on any atom is -0.494 e. The van der Waals surface area contributed by atoms with Crippen molar-refractivity contribution >= 4 is 33.5 Å². The van der Waals surface area contributed by atoms with Crippen LogP contribution in [-0.4, -0.2) is 12.6 Å². The SMILES string of the molecule is CCCCCCCOc1ccc(C(=O)Oc2ccc(Cl)cc2Br)cc1. The predicted molar refractivity (Wildman–Crippen MR) is 105 cm³/mol. The Morgan fingerprint density at radius 2 is 1.76 bits per heavy atom. The van der Waals surface area contributed by atoms with E-state index in [0.717, 1.165) is 12.2 Å². The number of carbonyl (C=O) groups is 1. The van der Waals surface area contributed by atoms with E-state index in [0.29, 0.717) is 27.4 Å².